The van der Waals surface area contributed by atoms with Crippen LogP contribution in [0.2, 0.25) is 0 Å². The SMILES string of the molecule is C[C@H](COCC(F)(F)F)NC(=O)N1CCS[C@@H](C)[C@@H]1C. The highest BCUT2D eigenvalue weighted by Gasteiger charge is 2.30. The van der Waals surface area contributed by atoms with E-state index < -0.39 is 18.8 Å². The van der Waals surface area contributed by atoms with Gasteiger partial charge in [0.1, 0.15) is 6.61 Å². The van der Waals surface area contributed by atoms with Gasteiger partial charge in [-0.05, 0) is 13.8 Å². The van der Waals surface area contributed by atoms with Crippen LogP contribution in [0.1, 0.15) is 20.8 Å². The summed E-state index contributed by atoms with van der Waals surface area (Å²) in [5, 5.41) is 3.03. The van der Waals surface area contributed by atoms with Crippen molar-refractivity contribution in [3.05, 3.63) is 0 Å². The molecule has 1 fully saturated rings. The van der Waals surface area contributed by atoms with Crippen molar-refractivity contribution in [1.29, 1.82) is 0 Å². The van der Waals surface area contributed by atoms with Gasteiger partial charge in [-0.2, -0.15) is 24.9 Å². The highest BCUT2D eigenvalue weighted by molar-refractivity contribution is 8.00. The molecule has 0 aromatic carbocycles. The van der Waals surface area contributed by atoms with Gasteiger partial charge in [-0.15, -0.1) is 0 Å². The van der Waals surface area contributed by atoms with Crippen molar-refractivity contribution in [1.82, 2.24) is 10.2 Å². The number of amides is 2. The fraction of sp³-hybridized carbons (Fsp3) is 0.917. The number of urea groups is 1. The summed E-state index contributed by atoms with van der Waals surface area (Å²) in [4.78, 5) is 13.8. The first-order valence-electron chi connectivity index (χ1n) is 6.54. The monoisotopic (exact) mass is 314 g/mol. The lowest BCUT2D eigenvalue weighted by Gasteiger charge is -2.38. The van der Waals surface area contributed by atoms with Gasteiger partial charge in [0.05, 0.1) is 12.6 Å². The van der Waals surface area contributed by atoms with Gasteiger partial charge in [0.25, 0.3) is 0 Å². The van der Waals surface area contributed by atoms with Crippen LogP contribution in [0, 0.1) is 0 Å². The molecule has 0 spiro atoms. The molecule has 0 aromatic heterocycles. The van der Waals surface area contributed by atoms with E-state index in [-0.39, 0.29) is 18.7 Å². The van der Waals surface area contributed by atoms with Crippen molar-refractivity contribution < 1.29 is 22.7 Å². The summed E-state index contributed by atoms with van der Waals surface area (Å²) in [5.74, 6) is 0.873. The lowest BCUT2D eigenvalue weighted by Crippen LogP contribution is -2.54. The van der Waals surface area contributed by atoms with Gasteiger partial charge in [0.15, 0.2) is 0 Å². The summed E-state index contributed by atoms with van der Waals surface area (Å²) in [6, 6.07) is -0.591. The average molecular weight is 314 g/mol. The van der Waals surface area contributed by atoms with Crippen LogP contribution in [0.5, 0.6) is 0 Å². The van der Waals surface area contributed by atoms with Crippen LogP contribution >= 0.6 is 11.8 Å². The molecular weight excluding hydrogens is 293 g/mol. The van der Waals surface area contributed by atoms with E-state index in [0.29, 0.717) is 11.8 Å². The Morgan fingerprint density at radius 2 is 2.15 bits per heavy atom. The van der Waals surface area contributed by atoms with Crippen LogP contribution in [-0.4, -0.2) is 60.0 Å². The Labute approximate surface area is 121 Å². The molecule has 1 aliphatic rings. The van der Waals surface area contributed by atoms with Crippen molar-refractivity contribution in [2.75, 3.05) is 25.5 Å². The van der Waals surface area contributed by atoms with Crippen LogP contribution in [0.15, 0.2) is 0 Å². The molecule has 1 heterocycles. The molecule has 0 bridgehead atoms. The van der Waals surface area contributed by atoms with Crippen molar-refractivity contribution in [3.63, 3.8) is 0 Å². The minimum Gasteiger partial charge on any atom is -0.370 e. The number of alkyl halides is 3. The van der Waals surface area contributed by atoms with Gasteiger partial charge < -0.3 is 15.0 Å². The van der Waals surface area contributed by atoms with E-state index in [1.807, 2.05) is 18.7 Å². The summed E-state index contributed by atoms with van der Waals surface area (Å²) in [6.45, 7) is 4.86. The van der Waals surface area contributed by atoms with Crippen LogP contribution in [0.25, 0.3) is 0 Å². The second-order valence-corrected chi connectivity index (χ2v) is 6.48. The van der Waals surface area contributed by atoms with Crippen LogP contribution < -0.4 is 5.32 Å². The topological polar surface area (TPSA) is 41.6 Å². The Morgan fingerprint density at radius 3 is 2.75 bits per heavy atom. The van der Waals surface area contributed by atoms with Gasteiger partial charge >= 0.3 is 12.2 Å². The van der Waals surface area contributed by atoms with E-state index >= 15 is 0 Å². The minimum atomic E-state index is -4.34. The second kappa shape index (κ2) is 7.40. The zero-order valence-electron chi connectivity index (χ0n) is 11.9. The molecule has 20 heavy (non-hydrogen) atoms. The van der Waals surface area contributed by atoms with Gasteiger partial charge in [0.2, 0.25) is 0 Å². The van der Waals surface area contributed by atoms with E-state index in [2.05, 4.69) is 17.0 Å². The summed E-state index contributed by atoms with van der Waals surface area (Å²) in [5.41, 5.74) is 0. The first-order chi connectivity index (χ1) is 9.20. The first-order valence-corrected chi connectivity index (χ1v) is 7.59. The average Bonchev–Trinajstić information content (AvgIpc) is 2.30. The first kappa shape index (κ1) is 17.4. The molecule has 1 N–H and O–H groups in total. The minimum absolute atomic E-state index is 0.108. The molecule has 4 nitrogen and oxygen atoms in total. The van der Waals surface area contributed by atoms with Crippen LogP contribution in [0.3, 0.4) is 0 Å². The van der Waals surface area contributed by atoms with Crippen molar-refractivity contribution in [2.24, 2.45) is 0 Å². The second-order valence-electron chi connectivity index (χ2n) is 4.99. The number of thioether (sulfide) groups is 1. The number of halogens is 3. The van der Waals surface area contributed by atoms with E-state index in [9.17, 15) is 18.0 Å². The fourth-order valence-corrected chi connectivity index (χ4v) is 3.01. The number of hydrogen-bond donors (Lipinski definition) is 1. The standard InChI is InChI=1S/C12H21F3N2O2S/c1-8(6-19-7-12(13,14)15)16-11(18)17-4-5-20-10(3)9(17)2/h8-10H,4-7H2,1-3H3,(H,16,18)/t8-,9+,10+/m1/s1. The van der Waals surface area contributed by atoms with Crippen LogP contribution in [-0.2, 0) is 4.74 Å². The molecule has 0 aliphatic carbocycles. The summed E-state index contributed by atoms with van der Waals surface area (Å²) >= 11 is 1.81. The molecular formula is C12H21F3N2O2S. The van der Waals surface area contributed by atoms with E-state index in [4.69, 9.17) is 0 Å². The number of carbonyl (C=O) groups excluding carboxylic acids is 1. The smallest absolute Gasteiger partial charge is 0.370 e. The number of rotatable bonds is 4. The zero-order chi connectivity index (χ0) is 15.3. The van der Waals surface area contributed by atoms with Gasteiger partial charge in [-0.1, -0.05) is 6.92 Å². The third-order valence-electron chi connectivity index (χ3n) is 3.15. The largest absolute Gasteiger partial charge is 0.411 e. The molecule has 0 unspecified atom stereocenters. The Bertz CT molecular complexity index is 328. The van der Waals surface area contributed by atoms with E-state index in [0.717, 1.165) is 5.75 Å². The summed E-state index contributed by atoms with van der Waals surface area (Å²) < 4.78 is 40.3. The Kier molecular flexibility index (Phi) is 6.44. The van der Waals surface area contributed by atoms with Crippen molar-refractivity contribution >= 4 is 17.8 Å². The van der Waals surface area contributed by atoms with Crippen LogP contribution in [0.4, 0.5) is 18.0 Å². The molecule has 3 atom stereocenters. The maximum Gasteiger partial charge on any atom is 0.411 e. The summed E-state index contributed by atoms with van der Waals surface area (Å²) in [7, 11) is 0. The number of nitrogens with zero attached hydrogens (tertiary/aromatic N) is 1. The Morgan fingerprint density at radius 1 is 1.50 bits per heavy atom. The van der Waals surface area contributed by atoms with Crippen molar-refractivity contribution in [2.45, 2.75) is 44.3 Å². The summed E-state index contributed by atoms with van der Waals surface area (Å²) in [6.07, 6.45) is -4.34. The molecule has 0 saturated carbocycles. The third-order valence-corrected chi connectivity index (χ3v) is 4.49. The molecule has 1 rings (SSSR count). The Hall–Kier alpha value is -0.630. The Balaban J connectivity index is 2.34. The van der Waals surface area contributed by atoms with E-state index in [1.54, 1.807) is 11.8 Å². The van der Waals surface area contributed by atoms with Gasteiger partial charge in [0, 0.05) is 23.6 Å². The molecule has 118 valence electrons. The molecule has 1 saturated heterocycles. The lowest BCUT2D eigenvalue weighted by molar-refractivity contribution is -0.174. The molecule has 2 amide bonds. The van der Waals surface area contributed by atoms with E-state index in [1.165, 1.54) is 0 Å². The fourth-order valence-electron chi connectivity index (χ4n) is 1.91. The maximum absolute atomic E-state index is 12.1. The number of nitrogens with one attached hydrogen (secondary N) is 1. The molecule has 0 radical (unpaired) electrons. The lowest BCUT2D eigenvalue weighted by atomic mass is 10.2. The molecule has 1 aliphatic heterocycles. The third kappa shape index (κ3) is 5.78. The number of ether oxygens (including phenoxy) is 1. The quantitative estimate of drug-likeness (QED) is 0.867. The highest BCUT2D eigenvalue weighted by atomic mass is 32.2. The number of carbonyl (C=O) groups is 1. The van der Waals surface area contributed by atoms with Gasteiger partial charge in [-0.25, -0.2) is 4.79 Å². The van der Waals surface area contributed by atoms with Gasteiger partial charge in [-0.3, -0.25) is 0 Å². The highest BCUT2D eigenvalue weighted by Crippen LogP contribution is 2.24. The molecule has 0 aromatic rings. The molecule has 8 heteroatoms. The predicted octanol–water partition coefficient (Wildman–Crippen LogP) is 2.49. The predicted molar refractivity (Wildman–Crippen MR) is 73.0 cm³/mol. The van der Waals surface area contributed by atoms with Crippen molar-refractivity contribution in [3.8, 4) is 0 Å². The zero-order valence-corrected chi connectivity index (χ0v) is 12.7. The number of hydrogen-bond acceptors (Lipinski definition) is 3. The maximum atomic E-state index is 12.1. The normalized spacial score (nSPS) is 25.4.